The Morgan fingerprint density at radius 1 is 1.07 bits per heavy atom. The molecule has 7 nitrogen and oxygen atoms in total. The van der Waals surface area contributed by atoms with Gasteiger partial charge < -0.3 is 14.8 Å². The molecule has 0 saturated carbocycles. The fourth-order valence-electron chi connectivity index (χ4n) is 2.71. The molecule has 0 spiro atoms. The van der Waals surface area contributed by atoms with Crippen LogP contribution in [0.1, 0.15) is 19.4 Å². The van der Waals surface area contributed by atoms with E-state index in [4.69, 9.17) is 9.47 Å². The van der Waals surface area contributed by atoms with Crippen LogP contribution in [-0.2, 0) is 14.8 Å². The molecular formula is C20H26N2O5S. The highest BCUT2D eigenvalue weighted by Gasteiger charge is 2.23. The molecule has 1 amide bonds. The number of methoxy groups -OCH3 is 1. The van der Waals surface area contributed by atoms with Gasteiger partial charge in [0.25, 0.3) is 5.91 Å². The molecule has 0 radical (unpaired) electrons. The normalized spacial score (nSPS) is 11.3. The average Bonchev–Trinajstić information content (AvgIpc) is 2.68. The Labute approximate surface area is 166 Å². The van der Waals surface area contributed by atoms with E-state index in [-0.39, 0.29) is 17.2 Å². The summed E-state index contributed by atoms with van der Waals surface area (Å²) in [7, 11) is -2.20. The first-order chi connectivity index (χ1) is 13.3. The molecule has 8 heteroatoms. The molecule has 0 heterocycles. The zero-order valence-corrected chi connectivity index (χ0v) is 17.4. The predicted molar refractivity (Wildman–Crippen MR) is 108 cm³/mol. The summed E-state index contributed by atoms with van der Waals surface area (Å²) in [6.45, 7) is 5.94. The van der Waals surface area contributed by atoms with Crippen molar-refractivity contribution in [1.29, 1.82) is 0 Å². The summed E-state index contributed by atoms with van der Waals surface area (Å²) in [6.07, 6.45) is 0. The molecule has 0 saturated heterocycles. The maximum Gasteiger partial charge on any atom is 0.262 e. The number of anilines is 1. The number of nitrogens with one attached hydrogen (secondary N) is 1. The second-order valence-corrected chi connectivity index (χ2v) is 7.99. The van der Waals surface area contributed by atoms with Gasteiger partial charge in [-0.2, -0.15) is 4.31 Å². The number of hydrogen-bond donors (Lipinski definition) is 1. The Balaban J connectivity index is 2.20. The summed E-state index contributed by atoms with van der Waals surface area (Å²) in [6, 6.07) is 11.8. The lowest BCUT2D eigenvalue weighted by atomic mass is 10.2. The summed E-state index contributed by atoms with van der Waals surface area (Å²) in [5.74, 6) is 0.559. The van der Waals surface area contributed by atoms with Gasteiger partial charge in [0.15, 0.2) is 6.61 Å². The van der Waals surface area contributed by atoms with Crippen molar-refractivity contribution in [2.45, 2.75) is 25.7 Å². The number of ether oxygens (including phenoxy) is 2. The molecular weight excluding hydrogens is 380 g/mol. The minimum Gasteiger partial charge on any atom is -0.495 e. The van der Waals surface area contributed by atoms with Gasteiger partial charge in [0, 0.05) is 13.1 Å². The van der Waals surface area contributed by atoms with Crippen LogP contribution in [-0.4, -0.2) is 45.4 Å². The fourth-order valence-corrected chi connectivity index (χ4v) is 4.19. The Morgan fingerprint density at radius 3 is 2.36 bits per heavy atom. The fraction of sp³-hybridized carbons (Fsp3) is 0.350. The van der Waals surface area contributed by atoms with Gasteiger partial charge in [-0.05, 0) is 36.8 Å². The third-order valence-corrected chi connectivity index (χ3v) is 6.29. The number of hydrogen-bond acceptors (Lipinski definition) is 5. The molecule has 2 rings (SSSR count). The Hall–Kier alpha value is -2.58. The van der Waals surface area contributed by atoms with E-state index in [0.29, 0.717) is 24.6 Å². The number of benzene rings is 2. The van der Waals surface area contributed by atoms with Crippen LogP contribution in [0.15, 0.2) is 47.4 Å². The lowest BCUT2D eigenvalue weighted by Gasteiger charge is -2.19. The van der Waals surface area contributed by atoms with Gasteiger partial charge in [-0.1, -0.05) is 32.0 Å². The van der Waals surface area contributed by atoms with Gasteiger partial charge in [-0.3, -0.25) is 4.79 Å². The van der Waals surface area contributed by atoms with E-state index in [0.717, 1.165) is 5.56 Å². The minimum atomic E-state index is -3.65. The molecule has 152 valence electrons. The largest absolute Gasteiger partial charge is 0.495 e. The highest BCUT2D eigenvalue weighted by molar-refractivity contribution is 7.89. The average molecular weight is 407 g/mol. The second-order valence-electron chi connectivity index (χ2n) is 6.05. The van der Waals surface area contributed by atoms with Crippen LogP contribution in [0.25, 0.3) is 0 Å². The van der Waals surface area contributed by atoms with E-state index >= 15 is 0 Å². The number of rotatable bonds is 9. The SMILES string of the molecule is CCN(CC)S(=O)(=O)c1ccc(OC)c(NC(=O)COc2ccccc2C)c1. The highest BCUT2D eigenvalue weighted by Crippen LogP contribution is 2.29. The van der Waals surface area contributed by atoms with Crippen molar-refractivity contribution in [2.75, 3.05) is 32.1 Å². The number of carbonyl (C=O) groups excluding carboxylic acids is 1. The Bertz CT molecular complexity index is 924. The summed E-state index contributed by atoms with van der Waals surface area (Å²) in [4.78, 5) is 12.4. The summed E-state index contributed by atoms with van der Waals surface area (Å²) >= 11 is 0. The quantitative estimate of drug-likeness (QED) is 0.692. The van der Waals surface area contributed by atoms with Crippen molar-refractivity contribution in [2.24, 2.45) is 0 Å². The number of carbonyl (C=O) groups is 1. The molecule has 2 aromatic carbocycles. The van der Waals surface area contributed by atoms with Crippen molar-refractivity contribution in [1.82, 2.24) is 4.31 Å². The van der Waals surface area contributed by atoms with Gasteiger partial charge in [-0.15, -0.1) is 0 Å². The smallest absolute Gasteiger partial charge is 0.262 e. The third kappa shape index (κ3) is 5.02. The molecule has 1 N–H and O–H groups in total. The lowest BCUT2D eigenvalue weighted by molar-refractivity contribution is -0.118. The summed E-state index contributed by atoms with van der Waals surface area (Å²) in [5, 5.41) is 2.67. The van der Waals surface area contributed by atoms with Crippen LogP contribution < -0.4 is 14.8 Å². The lowest BCUT2D eigenvalue weighted by Crippen LogP contribution is -2.30. The summed E-state index contributed by atoms with van der Waals surface area (Å²) in [5.41, 5.74) is 1.19. The Morgan fingerprint density at radius 2 is 1.75 bits per heavy atom. The number of amides is 1. The first-order valence-electron chi connectivity index (χ1n) is 8.99. The molecule has 0 aromatic heterocycles. The van der Waals surface area contributed by atoms with Crippen molar-refractivity contribution >= 4 is 21.6 Å². The minimum absolute atomic E-state index is 0.0899. The molecule has 2 aromatic rings. The van der Waals surface area contributed by atoms with E-state index in [1.54, 1.807) is 19.9 Å². The van der Waals surface area contributed by atoms with E-state index < -0.39 is 15.9 Å². The molecule has 0 aliphatic carbocycles. The van der Waals surface area contributed by atoms with E-state index in [1.165, 1.54) is 29.6 Å². The molecule has 0 fully saturated rings. The maximum absolute atomic E-state index is 12.7. The van der Waals surface area contributed by atoms with E-state index in [1.807, 2.05) is 25.1 Å². The maximum atomic E-state index is 12.7. The third-order valence-electron chi connectivity index (χ3n) is 4.24. The second kappa shape index (κ2) is 9.57. The first-order valence-corrected chi connectivity index (χ1v) is 10.4. The highest BCUT2D eigenvalue weighted by atomic mass is 32.2. The molecule has 0 atom stereocenters. The number of aryl methyl sites for hydroxylation is 1. The van der Waals surface area contributed by atoms with Crippen LogP contribution >= 0.6 is 0 Å². The summed E-state index contributed by atoms with van der Waals surface area (Å²) < 4.78 is 37.6. The van der Waals surface area contributed by atoms with Crippen LogP contribution in [0.3, 0.4) is 0 Å². The van der Waals surface area contributed by atoms with Crippen molar-refractivity contribution in [3.8, 4) is 11.5 Å². The Kier molecular flexibility index (Phi) is 7.42. The zero-order valence-electron chi connectivity index (χ0n) is 16.6. The van der Waals surface area contributed by atoms with Gasteiger partial charge in [0.1, 0.15) is 11.5 Å². The van der Waals surface area contributed by atoms with Gasteiger partial charge in [0.2, 0.25) is 10.0 Å². The molecule has 0 aliphatic heterocycles. The number of sulfonamides is 1. The molecule has 28 heavy (non-hydrogen) atoms. The van der Waals surface area contributed by atoms with Crippen molar-refractivity contribution < 1.29 is 22.7 Å². The van der Waals surface area contributed by atoms with E-state index in [2.05, 4.69) is 5.32 Å². The molecule has 0 aliphatic rings. The van der Waals surface area contributed by atoms with Crippen LogP contribution in [0.4, 0.5) is 5.69 Å². The van der Waals surface area contributed by atoms with Crippen LogP contribution in [0, 0.1) is 6.92 Å². The standard InChI is InChI=1S/C20H26N2O5S/c1-5-22(6-2)28(24,25)16-11-12-19(26-4)17(13-16)21-20(23)14-27-18-10-8-7-9-15(18)3/h7-13H,5-6,14H2,1-4H3,(H,21,23). The number of nitrogens with zero attached hydrogens (tertiary/aromatic N) is 1. The van der Waals surface area contributed by atoms with E-state index in [9.17, 15) is 13.2 Å². The molecule has 0 unspecified atom stereocenters. The number of para-hydroxylation sites is 1. The van der Waals surface area contributed by atoms with Crippen molar-refractivity contribution in [3.63, 3.8) is 0 Å². The molecule has 0 bridgehead atoms. The monoisotopic (exact) mass is 406 g/mol. The first kappa shape index (κ1) is 21.7. The van der Waals surface area contributed by atoms with Gasteiger partial charge in [0.05, 0.1) is 17.7 Å². The topological polar surface area (TPSA) is 84.9 Å². The predicted octanol–water partition coefficient (Wildman–Crippen LogP) is 3.05. The van der Waals surface area contributed by atoms with Crippen LogP contribution in [0.2, 0.25) is 0 Å². The van der Waals surface area contributed by atoms with Gasteiger partial charge in [-0.25, -0.2) is 8.42 Å². The van der Waals surface area contributed by atoms with Gasteiger partial charge >= 0.3 is 0 Å². The zero-order chi connectivity index (χ0) is 20.7. The van der Waals surface area contributed by atoms with Crippen molar-refractivity contribution in [3.05, 3.63) is 48.0 Å². The van der Waals surface area contributed by atoms with Crippen LogP contribution in [0.5, 0.6) is 11.5 Å².